The van der Waals surface area contributed by atoms with Crippen molar-refractivity contribution in [2.24, 2.45) is 0 Å². The maximum absolute atomic E-state index is 12.5. The number of rotatable bonds is 7. The standard InChI is InChI=1S/C23H24F2O4/c1-15(21(27)17-8-10-18(11-9-17)23(2,3)4)28-20(26)14-7-16-5-12-19(13-6-16)29-22(24)25/h5-15,22H,1-4H3/b14-7+. The molecule has 0 amide bonds. The molecule has 1 atom stereocenters. The van der Waals surface area contributed by atoms with Crippen LogP contribution in [0, 0.1) is 0 Å². The Morgan fingerprint density at radius 3 is 2.07 bits per heavy atom. The van der Waals surface area contributed by atoms with Crippen LogP contribution < -0.4 is 4.74 Å². The van der Waals surface area contributed by atoms with Crippen molar-refractivity contribution < 1.29 is 27.8 Å². The number of esters is 1. The molecule has 0 aliphatic heterocycles. The predicted molar refractivity (Wildman–Crippen MR) is 107 cm³/mol. The lowest BCUT2D eigenvalue weighted by molar-refractivity contribution is -0.140. The summed E-state index contributed by atoms with van der Waals surface area (Å²) in [4.78, 5) is 24.4. The molecule has 0 saturated carbocycles. The van der Waals surface area contributed by atoms with Crippen molar-refractivity contribution in [3.63, 3.8) is 0 Å². The highest BCUT2D eigenvalue weighted by atomic mass is 19.3. The van der Waals surface area contributed by atoms with Crippen molar-refractivity contribution in [2.75, 3.05) is 0 Å². The maximum Gasteiger partial charge on any atom is 0.387 e. The second-order valence-corrected chi connectivity index (χ2v) is 7.55. The van der Waals surface area contributed by atoms with E-state index in [9.17, 15) is 18.4 Å². The van der Waals surface area contributed by atoms with Gasteiger partial charge in [0.15, 0.2) is 6.10 Å². The molecule has 29 heavy (non-hydrogen) atoms. The van der Waals surface area contributed by atoms with Gasteiger partial charge in [0.2, 0.25) is 5.78 Å². The molecule has 0 fully saturated rings. The molecule has 0 heterocycles. The molecule has 154 valence electrons. The summed E-state index contributed by atoms with van der Waals surface area (Å²) in [6.45, 7) is 4.87. The number of Topliss-reactive ketones (excluding diaryl/α,β-unsaturated/α-hetero) is 1. The van der Waals surface area contributed by atoms with Crippen LogP contribution in [0.25, 0.3) is 6.08 Å². The van der Waals surface area contributed by atoms with Gasteiger partial charge in [-0.05, 0) is 41.7 Å². The minimum atomic E-state index is -2.89. The highest BCUT2D eigenvalue weighted by Crippen LogP contribution is 2.22. The van der Waals surface area contributed by atoms with Crippen LogP contribution in [0.2, 0.25) is 0 Å². The van der Waals surface area contributed by atoms with Crippen molar-refractivity contribution >= 4 is 17.8 Å². The van der Waals surface area contributed by atoms with Crippen molar-refractivity contribution in [2.45, 2.75) is 45.8 Å². The van der Waals surface area contributed by atoms with Gasteiger partial charge in [0.25, 0.3) is 0 Å². The Balaban J connectivity index is 1.94. The van der Waals surface area contributed by atoms with E-state index in [1.165, 1.54) is 43.3 Å². The quantitative estimate of drug-likeness (QED) is 0.353. The van der Waals surface area contributed by atoms with Gasteiger partial charge in [-0.15, -0.1) is 0 Å². The molecular formula is C23H24F2O4. The van der Waals surface area contributed by atoms with Gasteiger partial charge >= 0.3 is 12.6 Å². The van der Waals surface area contributed by atoms with Crippen molar-refractivity contribution in [1.29, 1.82) is 0 Å². The van der Waals surface area contributed by atoms with Crippen molar-refractivity contribution in [3.05, 3.63) is 71.3 Å². The largest absolute Gasteiger partial charge is 0.451 e. The molecule has 1 unspecified atom stereocenters. The summed E-state index contributed by atoms with van der Waals surface area (Å²) in [5, 5.41) is 0. The summed E-state index contributed by atoms with van der Waals surface area (Å²) >= 11 is 0. The Morgan fingerprint density at radius 2 is 1.55 bits per heavy atom. The zero-order valence-corrected chi connectivity index (χ0v) is 16.8. The van der Waals surface area contributed by atoms with E-state index >= 15 is 0 Å². The third-order valence-electron chi connectivity index (χ3n) is 4.21. The maximum atomic E-state index is 12.5. The van der Waals surface area contributed by atoms with E-state index in [2.05, 4.69) is 25.5 Å². The van der Waals surface area contributed by atoms with Crippen LogP contribution in [0.3, 0.4) is 0 Å². The molecule has 0 aromatic heterocycles. The molecule has 0 spiro atoms. The number of halogens is 2. The summed E-state index contributed by atoms with van der Waals surface area (Å²) in [5.41, 5.74) is 2.15. The highest BCUT2D eigenvalue weighted by molar-refractivity contribution is 6.01. The first-order chi connectivity index (χ1) is 13.6. The van der Waals surface area contributed by atoms with Gasteiger partial charge in [-0.1, -0.05) is 57.2 Å². The zero-order valence-electron chi connectivity index (χ0n) is 16.8. The van der Waals surface area contributed by atoms with Gasteiger partial charge in [-0.3, -0.25) is 4.79 Å². The van der Waals surface area contributed by atoms with Gasteiger partial charge in [0.1, 0.15) is 5.75 Å². The molecule has 2 aromatic carbocycles. The molecule has 2 aromatic rings. The number of hydrogen-bond acceptors (Lipinski definition) is 4. The molecule has 6 heteroatoms. The lowest BCUT2D eigenvalue weighted by Crippen LogP contribution is -2.23. The minimum absolute atomic E-state index is 0.0196. The molecule has 0 saturated heterocycles. The van der Waals surface area contributed by atoms with Gasteiger partial charge in [-0.2, -0.15) is 8.78 Å². The number of ketones is 1. The topological polar surface area (TPSA) is 52.6 Å². The summed E-state index contributed by atoms with van der Waals surface area (Å²) < 4.78 is 33.7. The van der Waals surface area contributed by atoms with Crippen LogP contribution in [0.4, 0.5) is 8.78 Å². The van der Waals surface area contributed by atoms with E-state index < -0.39 is 18.7 Å². The van der Waals surface area contributed by atoms with Crippen LogP contribution in [0.1, 0.15) is 49.2 Å². The van der Waals surface area contributed by atoms with Crippen LogP contribution in [-0.2, 0) is 14.9 Å². The Hall–Kier alpha value is -3.02. The van der Waals surface area contributed by atoms with E-state index in [1.54, 1.807) is 12.1 Å². The lowest BCUT2D eigenvalue weighted by Gasteiger charge is -2.19. The first-order valence-corrected chi connectivity index (χ1v) is 9.14. The van der Waals surface area contributed by atoms with Gasteiger partial charge in [-0.25, -0.2) is 4.79 Å². The zero-order chi connectivity index (χ0) is 21.6. The van der Waals surface area contributed by atoms with Gasteiger partial charge < -0.3 is 9.47 Å². The summed E-state index contributed by atoms with van der Waals surface area (Å²) in [7, 11) is 0. The molecule has 4 nitrogen and oxygen atoms in total. The summed E-state index contributed by atoms with van der Waals surface area (Å²) in [6.07, 6.45) is 1.70. The Kier molecular flexibility index (Phi) is 7.26. The van der Waals surface area contributed by atoms with Crippen molar-refractivity contribution in [1.82, 2.24) is 0 Å². The predicted octanol–water partition coefficient (Wildman–Crippen LogP) is 5.41. The molecule has 0 radical (unpaired) electrons. The minimum Gasteiger partial charge on any atom is -0.451 e. The van der Waals surface area contributed by atoms with E-state index in [4.69, 9.17) is 4.74 Å². The lowest BCUT2D eigenvalue weighted by atomic mass is 9.86. The SMILES string of the molecule is CC(OC(=O)/C=C/c1ccc(OC(F)F)cc1)C(=O)c1ccc(C(C)(C)C)cc1. The van der Waals surface area contributed by atoms with Gasteiger partial charge in [0.05, 0.1) is 0 Å². The monoisotopic (exact) mass is 402 g/mol. The first-order valence-electron chi connectivity index (χ1n) is 9.14. The number of alkyl halides is 2. The van der Waals surface area contributed by atoms with Crippen LogP contribution >= 0.6 is 0 Å². The van der Waals surface area contributed by atoms with Crippen LogP contribution in [0.5, 0.6) is 5.75 Å². The number of benzene rings is 2. The van der Waals surface area contributed by atoms with E-state index in [0.29, 0.717) is 11.1 Å². The summed E-state index contributed by atoms with van der Waals surface area (Å²) in [5.74, 6) is -0.942. The number of ether oxygens (including phenoxy) is 2. The fourth-order valence-corrected chi connectivity index (χ4v) is 2.56. The number of carbonyl (C=O) groups is 2. The third kappa shape index (κ3) is 6.82. The van der Waals surface area contributed by atoms with Gasteiger partial charge in [0, 0.05) is 11.6 Å². The second-order valence-electron chi connectivity index (χ2n) is 7.55. The number of carbonyl (C=O) groups excluding carboxylic acids is 2. The smallest absolute Gasteiger partial charge is 0.387 e. The normalized spacial score (nSPS) is 12.8. The molecule has 0 bridgehead atoms. The number of hydrogen-bond donors (Lipinski definition) is 0. The molecular weight excluding hydrogens is 378 g/mol. The van der Waals surface area contributed by atoms with Crippen LogP contribution in [0.15, 0.2) is 54.6 Å². The first kappa shape index (κ1) is 22.3. The van der Waals surface area contributed by atoms with E-state index in [-0.39, 0.29) is 16.9 Å². The fraction of sp³-hybridized carbons (Fsp3) is 0.304. The fourth-order valence-electron chi connectivity index (χ4n) is 2.56. The summed E-state index contributed by atoms with van der Waals surface area (Å²) in [6, 6.07) is 13.0. The average molecular weight is 402 g/mol. The third-order valence-corrected chi connectivity index (χ3v) is 4.21. The molecule has 0 N–H and O–H groups in total. The Bertz CT molecular complexity index is 863. The average Bonchev–Trinajstić information content (AvgIpc) is 2.66. The Labute approximate surface area is 169 Å². The van der Waals surface area contributed by atoms with E-state index in [0.717, 1.165) is 5.56 Å². The second kappa shape index (κ2) is 9.45. The molecule has 0 aliphatic rings. The van der Waals surface area contributed by atoms with Crippen molar-refractivity contribution in [3.8, 4) is 5.75 Å². The molecule has 0 aliphatic carbocycles. The Morgan fingerprint density at radius 1 is 0.966 bits per heavy atom. The van der Waals surface area contributed by atoms with E-state index in [1.807, 2.05) is 12.1 Å². The molecule has 2 rings (SSSR count). The highest BCUT2D eigenvalue weighted by Gasteiger charge is 2.20. The van der Waals surface area contributed by atoms with Crippen LogP contribution in [-0.4, -0.2) is 24.5 Å².